The Balaban J connectivity index is 2.18. The predicted molar refractivity (Wildman–Crippen MR) is 86.1 cm³/mol. The van der Waals surface area contributed by atoms with Crippen LogP contribution in [0.5, 0.6) is 0 Å². The zero-order chi connectivity index (χ0) is 15.2. The van der Waals surface area contributed by atoms with Crippen molar-refractivity contribution in [3.05, 3.63) is 63.9 Å². The lowest BCUT2D eigenvalue weighted by molar-refractivity contribution is 0.102. The fraction of sp³-hybridized carbons (Fsp3) is 0.188. The monoisotopic (exact) mass is 350 g/mol. The lowest BCUT2D eigenvalue weighted by atomic mass is 10.0. The van der Waals surface area contributed by atoms with Crippen LogP contribution in [0, 0.1) is 5.82 Å². The lowest BCUT2D eigenvalue weighted by Gasteiger charge is -2.10. The standard InChI is InChI=1S/C16H16BrFN2O/c1-19-9-8-11-4-2-3-5-13(11)16(21)20-12-6-7-15(18)14(17)10-12/h2-7,10,19H,8-9H2,1H3,(H,20,21). The van der Waals surface area contributed by atoms with Gasteiger partial charge in [0.15, 0.2) is 0 Å². The normalized spacial score (nSPS) is 10.4. The van der Waals surface area contributed by atoms with Crippen molar-refractivity contribution in [1.29, 1.82) is 0 Å². The molecule has 0 saturated carbocycles. The van der Waals surface area contributed by atoms with E-state index in [4.69, 9.17) is 0 Å². The van der Waals surface area contributed by atoms with E-state index < -0.39 is 0 Å². The molecular weight excluding hydrogens is 335 g/mol. The largest absolute Gasteiger partial charge is 0.322 e. The van der Waals surface area contributed by atoms with Gasteiger partial charge in [-0.1, -0.05) is 18.2 Å². The third-order valence-corrected chi connectivity index (χ3v) is 3.69. The molecule has 0 fully saturated rings. The number of likely N-dealkylation sites (N-methyl/N-ethyl adjacent to an activating group) is 1. The van der Waals surface area contributed by atoms with Gasteiger partial charge in [-0.2, -0.15) is 0 Å². The lowest BCUT2D eigenvalue weighted by Crippen LogP contribution is -2.17. The fourth-order valence-electron chi connectivity index (χ4n) is 1.99. The molecule has 0 spiro atoms. The molecule has 0 radical (unpaired) electrons. The van der Waals surface area contributed by atoms with Crippen molar-refractivity contribution in [2.24, 2.45) is 0 Å². The van der Waals surface area contributed by atoms with E-state index in [-0.39, 0.29) is 11.7 Å². The molecule has 2 aromatic rings. The molecule has 0 saturated heterocycles. The smallest absolute Gasteiger partial charge is 0.255 e. The molecule has 0 aliphatic rings. The SMILES string of the molecule is CNCCc1ccccc1C(=O)Nc1ccc(F)c(Br)c1. The first-order valence-electron chi connectivity index (χ1n) is 6.60. The van der Waals surface area contributed by atoms with Crippen LogP contribution in [-0.2, 0) is 6.42 Å². The van der Waals surface area contributed by atoms with Crippen LogP contribution in [0.15, 0.2) is 46.9 Å². The molecule has 0 heterocycles. The average Bonchev–Trinajstić information content (AvgIpc) is 2.49. The molecule has 0 aliphatic heterocycles. The minimum Gasteiger partial charge on any atom is -0.322 e. The summed E-state index contributed by atoms with van der Waals surface area (Å²) in [6.07, 6.45) is 0.771. The molecule has 1 amide bonds. The molecule has 3 nitrogen and oxygen atoms in total. The average molecular weight is 351 g/mol. The molecule has 0 unspecified atom stereocenters. The number of hydrogen-bond acceptors (Lipinski definition) is 2. The maximum Gasteiger partial charge on any atom is 0.255 e. The van der Waals surface area contributed by atoms with E-state index in [1.807, 2.05) is 25.2 Å². The Bertz CT molecular complexity index is 646. The highest BCUT2D eigenvalue weighted by molar-refractivity contribution is 9.10. The zero-order valence-corrected chi connectivity index (χ0v) is 13.2. The minimum absolute atomic E-state index is 0.194. The second-order valence-corrected chi connectivity index (χ2v) is 5.45. The molecule has 2 N–H and O–H groups in total. The highest BCUT2D eigenvalue weighted by Gasteiger charge is 2.11. The van der Waals surface area contributed by atoms with Crippen LogP contribution in [0.25, 0.3) is 0 Å². The summed E-state index contributed by atoms with van der Waals surface area (Å²) in [5, 5.41) is 5.85. The Kier molecular flexibility index (Phi) is 5.47. The number of hydrogen-bond donors (Lipinski definition) is 2. The van der Waals surface area contributed by atoms with Crippen LogP contribution >= 0.6 is 15.9 Å². The van der Waals surface area contributed by atoms with E-state index in [2.05, 4.69) is 26.6 Å². The molecule has 21 heavy (non-hydrogen) atoms. The van der Waals surface area contributed by atoms with Crippen molar-refractivity contribution >= 4 is 27.5 Å². The summed E-state index contributed by atoms with van der Waals surface area (Å²) >= 11 is 3.11. The van der Waals surface area contributed by atoms with E-state index in [9.17, 15) is 9.18 Å². The van der Waals surface area contributed by atoms with Gasteiger partial charge in [0.1, 0.15) is 5.82 Å². The van der Waals surface area contributed by atoms with E-state index in [0.29, 0.717) is 15.7 Å². The van der Waals surface area contributed by atoms with E-state index in [0.717, 1.165) is 18.5 Å². The maximum atomic E-state index is 13.2. The zero-order valence-electron chi connectivity index (χ0n) is 11.6. The van der Waals surface area contributed by atoms with Crippen molar-refractivity contribution in [2.45, 2.75) is 6.42 Å². The number of carbonyl (C=O) groups is 1. The Morgan fingerprint density at radius 1 is 1.24 bits per heavy atom. The number of halogens is 2. The quantitative estimate of drug-likeness (QED) is 0.864. The second-order valence-electron chi connectivity index (χ2n) is 4.59. The van der Waals surface area contributed by atoms with Gasteiger partial charge in [-0.25, -0.2) is 4.39 Å². The molecule has 5 heteroatoms. The van der Waals surface area contributed by atoms with E-state index >= 15 is 0 Å². The van der Waals surface area contributed by atoms with Gasteiger partial charge < -0.3 is 10.6 Å². The van der Waals surface area contributed by atoms with Gasteiger partial charge in [-0.3, -0.25) is 4.79 Å². The number of rotatable bonds is 5. The molecule has 0 aromatic heterocycles. The van der Waals surface area contributed by atoms with Crippen LogP contribution < -0.4 is 10.6 Å². The van der Waals surface area contributed by atoms with E-state index in [1.54, 1.807) is 12.1 Å². The third-order valence-electron chi connectivity index (χ3n) is 3.08. The van der Waals surface area contributed by atoms with Crippen molar-refractivity contribution in [3.8, 4) is 0 Å². The summed E-state index contributed by atoms with van der Waals surface area (Å²) in [5.74, 6) is -0.553. The number of anilines is 1. The van der Waals surface area contributed by atoms with Crippen LogP contribution in [0.4, 0.5) is 10.1 Å². The second kappa shape index (κ2) is 7.33. The van der Waals surface area contributed by atoms with Crippen molar-refractivity contribution < 1.29 is 9.18 Å². The summed E-state index contributed by atoms with van der Waals surface area (Å²) < 4.78 is 13.5. The Morgan fingerprint density at radius 3 is 2.71 bits per heavy atom. The summed E-state index contributed by atoms with van der Waals surface area (Å²) in [6, 6.07) is 11.9. The van der Waals surface area contributed by atoms with Crippen molar-refractivity contribution in [2.75, 3.05) is 18.9 Å². The van der Waals surface area contributed by atoms with Gasteiger partial charge >= 0.3 is 0 Å². The van der Waals surface area contributed by atoms with Gasteiger partial charge in [0.2, 0.25) is 0 Å². The van der Waals surface area contributed by atoms with Crippen LogP contribution in [-0.4, -0.2) is 19.5 Å². The predicted octanol–water partition coefficient (Wildman–Crippen LogP) is 3.60. The number of benzene rings is 2. The molecule has 0 bridgehead atoms. The Labute approximate surface area is 131 Å². The molecule has 110 valence electrons. The van der Waals surface area contributed by atoms with Gasteiger partial charge in [0, 0.05) is 11.3 Å². The molecular formula is C16H16BrFN2O. The minimum atomic E-state index is -0.359. The Hall–Kier alpha value is -1.72. The summed E-state index contributed by atoms with van der Waals surface area (Å²) in [5.41, 5.74) is 2.16. The Morgan fingerprint density at radius 2 is 2.00 bits per heavy atom. The summed E-state index contributed by atoms with van der Waals surface area (Å²) in [4.78, 5) is 12.4. The van der Waals surface area contributed by atoms with Gasteiger partial charge in [0.25, 0.3) is 5.91 Å². The summed E-state index contributed by atoms with van der Waals surface area (Å²) in [6.45, 7) is 0.798. The molecule has 0 aliphatic carbocycles. The molecule has 2 aromatic carbocycles. The number of amides is 1. The molecule has 2 rings (SSSR count). The first-order chi connectivity index (χ1) is 10.1. The highest BCUT2D eigenvalue weighted by Crippen LogP contribution is 2.21. The fourth-order valence-corrected chi connectivity index (χ4v) is 2.37. The first kappa shape index (κ1) is 15.7. The van der Waals surface area contributed by atoms with Crippen LogP contribution in [0.2, 0.25) is 0 Å². The van der Waals surface area contributed by atoms with Gasteiger partial charge in [-0.05, 0) is 65.8 Å². The number of carbonyl (C=O) groups excluding carboxylic acids is 1. The van der Waals surface area contributed by atoms with Gasteiger partial charge in [0.05, 0.1) is 4.47 Å². The first-order valence-corrected chi connectivity index (χ1v) is 7.40. The van der Waals surface area contributed by atoms with Gasteiger partial charge in [-0.15, -0.1) is 0 Å². The van der Waals surface area contributed by atoms with E-state index in [1.165, 1.54) is 12.1 Å². The molecule has 0 atom stereocenters. The van der Waals surface area contributed by atoms with Crippen LogP contribution in [0.3, 0.4) is 0 Å². The maximum absolute atomic E-state index is 13.2. The van der Waals surface area contributed by atoms with Crippen LogP contribution in [0.1, 0.15) is 15.9 Å². The van der Waals surface area contributed by atoms with Crippen molar-refractivity contribution in [3.63, 3.8) is 0 Å². The van der Waals surface area contributed by atoms with Crippen molar-refractivity contribution in [1.82, 2.24) is 5.32 Å². The third kappa shape index (κ3) is 4.12. The topological polar surface area (TPSA) is 41.1 Å². The summed E-state index contributed by atoms with van der Waals surface area (Å²) in [7, 11) is 1.87. The number of nitrogens with one attached hydrogen (secondary N) is 2. The highest BCUT2D eigenvalue weighted by atomic mass is 79.9.